The highest BCUT2D eigenvalue weighted by atomic mass is 16.5. The van der Waals surface area contributed by atoms with E-state index in [1.54, 1.807) is 0 Å². The summed E-state index contributed by atoms with van der Waals surface area (Å²) in [7, 11) is 0. The number of hydrogen-bond donors (Lipinski definition) is 0. The van der Waals surface area contributed by atoms with E-state index in [9.17, 15) is 4.79 Å². The predicted octanol–water partition coefficient (Wildman–Crippen LogP) is 5.07. The second-order valence-corrected chi connectivity index (χ2v) is 9.57. The summed E-state index contributed by atoms with van der Waals surface area (Å²) in [6.45, 7) is 8.41. The quantitative estimate of drug-likeness (QED) is 0.564. The third-order valence-electron chi connectivity index (χ3n) is 7.38. The van der Waals surface area contributed by atoms with E-state index in [-0.39, 0.29) is 5.91 Å². The third-order valence-corrected chi connectivity index (χ3v) is 7.38. The van der Waals surface area contributed by atoms with Crippen LogP contribution < -0.4 is 0 Å². The molecule has 1 fully saturated rings. The van der Waals surface area contributed by atoms with Gasteiger partial charge in [-0.05, 0) is 69.5 Å². The van der Waals surface area contributed by atoms with Gasteiger partial charge in [-0.15, -0.1) is 0 Å². The largest absolute Gasteiger partial charge is 0.457 e. The monoisotopic (exact) mass is 484 g/mol. The van der Waals surface area contributed by atoms with Crippen LogP contribution in [0.5, 0.6) is 0 Å². The zero-order chi connectivity index (χ0) is 24.9. The summed E-state index contributed by atoms with van der Waals surface area (Å²) in [6.07, 6.45) is 20.2. The van der Waals surface area contributed by atoms with E-state index >= 15 is 0 Å². The van der Waals surface area contributed by atoms with Gasteiger partial charge in [-0.1, -0.05) is 24.3 Å². The van der Waals surface area contributed by atoms with Crippen LogP contribution in [0, 0.1) is 0 Å². The molecule has 1 aromatic heterocycles. The van der Waals surface area contributed by atoms with E-state index in [0.29, 0.717) is 25.6 Å². The van der Waals surface area contributed by atoms with Gasteiger partial charge in [0, 0.05) is 57.0 Å². The topological polar surface area (TPSA) is 48.9 Å². The Bertz CT molecular complexity index is 1150. The first-order chi connectivity index (χ1) is 17.7. The van der Waals surface area contributed by atoms with Gasteiger partial charge in [-0.3, -0.25) is 14.7 Å². The fourth-order valence-corrected chi connectivity index (χ4v) is 5.40. The van der Waals surface area contributed by atoms with Crippen LogP contribution in [0.2, 0.25) is 0 Å². The maximum atomic E-state index is 13.1. The number of allylic oxidation sites excluding steroid dienone is 6. The molecule has 0 radical (unpaired) electrons. The Labute approximate surface area is 214 Å². The molecule has 4 aliphatic rings. The molecule has 0 aromatic carbocycles. The number of carbonyl (C=O) groups excluding carboxylic acids is 1. The number of ether oxygens (including phenoxy) is 1. The number of amides is 1. The first-order valence-corrected chi connectivity index (χ1v) is 13.2. The third kappa shape index (κ3) is 5.09. The first kappa shape index (κ1) is 24.3. The minimum absolute atomic E-state index is 0.0843. The number of likely N-dealkylation sites (tertiary alicyclic amines) is 1. The maximum Gasteiger partial charge on any atom is 0.253 e. The Hall–Kier alpha value is -3.38. The highest BCUT2D eigenvalue weighted by molar-refractivity contribution is 5.96. The molecule has 1 saturated heterocycles. The number of rotatable bonds is 6. The van der Waals surface area contributed by atoms with Crippen LogP contribution in [0.3, 0.4) is 0 Å². The van der Waals surface area contributed by atoms with Crippen molar-refractivity contribution in [3.63, 3.8) is 0 Å². The summed E-state index contributed by atoms with van der Waals surface area (Å²) in [5.74, 6) is 1.94. The van der Waals surface area contributed by atoms with Crippen LogP contribution in [-0.2, 0) is 16.1 Å². The number of fused-ring (bicyclic) bond motifs is 1. The summed E-state index contributed by atoms with van der Waals surface area (Å²) >= 11 is 0. The summed E-state index contributed by atoms with van der Waals surface area (Å²) in [5, 5.41) is 0. The lowest BCUT2D eigenvalue weighted by molar-refractivity contribution is -0.126. The van der Waals surface area contributed by atoms with Crippen molar-refractivity contribution >= 4 is 5.91 Å². The molecule has 6 nitrogen and oxygen atoms in total. The number of hydrogen-bond acceptors (Lipinski definition) is 5. The average molecular weight is 485 g/mol. The fraction of sp³-hybridized carbons (Fsp3) is 0.400. The Morgan fingerprint density at radius 2 is 1.97 bits per heavy atom. The number of piperidine rings is 1. The number of likely N-dealkylation sites (N-methyl/N-ethyl adjacent to an activating group) is 1. The van der Waals surface area contributed by atoms with Gasteiger partial charge in [0.05, 0.1) is 17.1 Å². The van der Waals surface area contributed by atoms with Gasteiger partial charge in [-0.2, -0.15) is 0 Å². The Balaban J connectivity index is 1.39. The maximum absolute atomic E-state index is 13.1. The van der Waals surface area contributed by atoms with E-state index in [1.165, 1.54) is 0 Å². The fourth-order valence-electron chi connectivity index (χ4n) is 5.40. The lowest BCUT2D eigenvalue weighted by atomic mass is 9.99. The summed E-state index contributed by atoms with van der Waals surface area (Å²) in [5.41, 5.74) is 4.06. The van der Waals surface area contributed by atoms with Crippen LogP contribution in [0.15, 0.2) is 95.4 Å². The van der Waals surface area contributed by atoms with Crippen molar-refractivity contribution in [3.05, 3.63) is 101 Å². The minimum atomic E-state index is 0.0843. The van der Waals surface area contributed by atoms with Crippen molar-refractivity contribution in [2.45, 2.75) is 52.1 Å². The zero-order valence-electron chi connectivity index (χ0n) is 21.4. The highest BCUT2D eigenvalue weighted by Gasteiger charge is 2.35. The van der Waals surface area contributed by atoms with E-state index in [2.05, 4.69) is 57.3 Å². The smallest absolute Gasteiger partial charge is 0.253 e. The zero-order valence-corrected chi connectivity index (χ0v) is 21.4. The summed E-state index contributed by atoms with van der Waals surface area (Å²) in [4.78, 5) is 24.4. The lowest BCUT2D eigenvalue weighted by Crippen LogP contribution is -2.45. The molecule has 188 valence electrons. The molecule has 3 heterocycles. The second-order valence-electron chi connectivity index (χ2n) is 9.57. The Kier molecular flexibility index (Phi) is 7.52. The van der Waals surface area contributed by atoms with Gasteiger partial charge in [0.15, 0.2) is 0 Å². The molecule has 0 atom stereocenters. The van der Waals surface area contributed by atoms with Crippen LogP contribution >= 0.6 is 0 Å². The molecule has 36 heavy (non-hydrogen) atoms. The van der Waals surface area contributed by atoms with Crippen molar-refractivity contribution in [1.29, 1.82) is 0 Å². The Morgan fingerprint density at radius 3 is 2.72 bits per heavy atom. The van der Waals surface area contributed by atoms with Crippen molar-refractivity contribution in [3.8, 4) is 0 Å². The van der Waals surface area contributed by atoms with E-state index in [4.69, 9.17) is 4.74 Å². The number of pyridine rings is 1. The molecule has 0 saturated carbocycles. The molecular weight excluding hydrogens is 448 g/mol. The van der Waals surface area contributed by atoms with Gasteiger partial charge in [0.25, 0.3) is 5.91 Å². The molecule has 0 N–H and O–H groups in total. The molecule has 1 aromatic rings. The van der Waals surface area contributed by atoms with E-state index in [0.717, 1.165) is 73.1 Å². The molecule has 0 bridgehead atoms. The lowest BCUT2D eigenvalue weighted by Gasteiger charge is -2.44. The Morgan fingerprint density at radius 1 is 1.14 bits per heavy atom. The van der Waals surface area contributed by atoms with Crippen LogP contribution in [0.1, 0.15) is 45.2 Å². The first-order valence-electron chi connectivity index (χ1n) is 13.2. The molecule has 6 heteroatoms. The molecule has 0 spiro atoms. The normalized spacial score (nSPS) is 20.4. The predicted molar refractivity (Wildman–Crippen MR) is 142 cm³/mol. The van der Waals surface area contributed by atoms with E-state index < -0.39 is 0 Å². The van der Waals surface area contributed by atoms with Gasteiger partial charge >= 0.3 is 0 Å². The number of nitrogens with zero attached hydrogens (tertiary/aromatic N) is 4. The second kappa shape index (κ2) is 11.1. The van der Waals surface area contributed by atoms with Crippen molar-refractivity contribution in [2.75, 3.05) is 26.2 Å². The van der Waals surface area contributed by atoms with Gasteiger partial charge in [0.1, 0.15) is 11.5 Å². The number of aromatic nitrogens is 1. The molecule has 2 aliphatic carbocycles. The van der Waals surface area contributed by atoms with Crippen molar-refractivity contribution in [1.82, 2.24) is 19.7 Å². The summed E-state index contributed by atoms with van der Waals surface area (Å²) in [6, 6.07) is 6.49. The molecule has 5 rings (SSSR count). The average Bonchev–Trinajstić information content (AvgIpc) is 3.27. The van der Waals surface area contributed by atoms with Gasteiger partial charge in [0.2, 0.25) is 0 Å². The minimum Gasteiger partial charge on any atom is -0.457 e. The molecular formula is C30H36N4O2. The summed E-state index contributed by atoms with van der Waals surface area (Å²) < 4.78 is 6.47. The van der Waals surface area contributed by atoms with Gasteiger partial charge < -0.3 is 14.5 Å². The highest BCUT2D eigenvalue weighted by Crippen LogP contribution is 2.40. The van der Waals surface area contributed by atoms with Crippen LogP contribution in [0.25, 0.3) is 0 Å². The standard InChI is InChI=1S/C30H36N4O2/c1-3-33(4-2)30(35)23-13-15-27-29(16-14-23)36-28-12-7-5-6-11-26(28)34(27)25-17-20-32(21-18-25)22-24-10-8-9-19-31-24/h5-6,8-15,19,25H,3-4,7,16-18,20-22H2,1-2H3. The van der Waals surface area contributed by atoms with Crippen LogP contribution in [0.4, 0.5) is 0 Å². The van der Waals surface area contributed by atoms with Crippen molar-refractivity contribution in [2.24, 2.45) is 0 Å². The molecule has 2 aliphatic heterocycles. The van der Waals surface area contributed by atoms with E-state index in [1.807, 2.05) is 43.2 Å². The molecule has 1 amide bonds. The number of carbonyl (C=O) groups is 1. The SMILES string of the molecule is CCN(CC)C(=O)C1=CCC2=C(C=C1)N(C1CCN(Cc3ccccn3)CC1)C1=CC=CCC=C1O2. The van der Waals surface area contributed by atoms with Gasteiger partial charge in [-0.25, -0.2) is 0 Å². The van der Waals surface area contributed by atoms with Crippen LogP contribution in [-0.4, -0.2) is 57.8 Å². The van der Waals surface area contributed by atoms with Crippen molar-refractivity contribution < 1.29 is 9.53 Å². The molecule has 0 unspecified atom stereocenters.